The van der Waals surface area contributed by atoms with Crippen molar-refractivity contribution in [3.05, 3.63) is 100 Å². The average molecular weight is 567 g/mol. The lowest BCUT2D eigenvalue weighted by atomic mass is 10.1. The fraction of sp³-hybridized carbons (Fsp3) is 0.310. The second kappa shape index (κ2) is 13.2. The number of hydrogen-bond acceptors (Lipinski definition) is 6. The first-order chi connectivity index (χ1) is 18.9. The van der Waals surface area contributed by atoms with Gasteiger partial charge in [0.25, 0.3) is 15.7 Å². The van der Waals surface area contributed by atoms with Crippen LogP contribution in [0.3, 0.4) is 0 Å². The Balaban J connectivity index is 2.07. The van der Waals surface area contributed by atoms with Gasteiger partial charge in [-0.1, -0.05) is 55.0 Å². The molecule has 0 spiro atoms. The number of nitrogens with zero attached hydrogens (tertiary/aromatic N) is 3. The van der Waals surface area contributed by atoms with Crippen molar-refractivity contribution >= 4 is 33.2 Å². The number of aryl methyl sites for hydroxylation is 1. The van der Waals surface area contributed by atoms with Crippen molar-refractivity contribution in [1.82, 2.24) is 10.2 Å². The SMILES string of the molecule is CC[C@H](C(=O)NC(C)C)N(Cc1cccc(C)c1)C(=O)CN(c1ccc([N+](=O)[O-])cc1)S(=O)(=O)c1ccccc1. The van der Waals surface area contributed by atoms with Gasteiger partial charge in [0.05, 0.1) is 15.5 Å². The van der Waals surface area contributed by atoms with Crippen molar-refractivity contribution in [3.8, 4) is 0 Å². The number of carbonyl (C=O) groups is 2. The van der Waals surface area contributed by atoms with Gasteiger partial charge in [-0.05, 0) is 57.0 Å². The van der Waals surface area contributed by atoms with Crippen LogP contribution in [0, 0.1) is 17.0 Å². The van der Waals surface area contributed by atoms with E-state index in [0.717, 1.165) is 15.4 Å². The lowest BCUT2D eigenvalue weighted by Gasteiger charge is -2.33. The number of hydrogen-bond donors (Lipinski definition) is 1. The van der Waals surface area contributed by atoms with Gasteiger partial charge in [-0.3, -0.25) is 24.0 Å². The number of carbonyl (C=O) groups excluding carboxylic acids is 2. The number of rotatable bonds is 12. The van der Waals surface area contributed by atoms with Crippen molar-refractivity contribution in [2.75, 3.05) is 10.8 Å². The van der Waals surface area contributed by atoms with E-state index in [1.165, 1.54) is 41.3 Å². The minimum atomic E-state index is -4.25. The highest BCUT2D eigenvalue weighted by atomic mass is 32.2. The van der Waals surface area contributed by atoms with Gasteiger partial charge in [0.2, 0.25) is 11.8 Å². The smallest absolute Gasteiger partial charge is 0.269 e. The zero-order chi connectivity index (χ0) is 29.4. The molecule has 0 aliphatic carbocycles. The summed E-state index contributed by atoms with van der Waals surface area (Å²) >= 11 is 0. The fourth-order valence-corrected chi connectivity index (χ4v) is 5.73. The highest BCUT2D eigenvalue weighted by molar-refractivity contribution is 7.92. The van der Waals surface area contributed by atoms with Crippen molar-refractivity contribution in [2.24, 2.45) is 0 Å². The third kappa shape index (κ3) is 7.44. The lowest BCUT2D eigenvalue weighted by molar-refractivity contribution is -0.384. The number of amides is 2. The predicted octanol–water partition coefficient (Wildman–Crippen LogP) is 4.43. The van der Waals surface area contributed by atoms with Crippen LogP contribution in [-0.2, 0) is 26.2 Å². The van der Waals surface area contributed by atoms with Crippen molar-refractivity contribution in [1.29, 1.82) is 0 Å². The largest absolute Gasteiger partial charge is 0.352 e. The average Bonchev–Trinajstić information content (AvgIpc) is 2.91. The summed E-state index contributed by atoms with van der Waals surface area (Å²) in [6, 6.07) is 19.1. The Morgan fingerprint density at radius 3 is 2.17 bits per heavy atom. The molecule has 212 valence electrons. The van der Waals surface area contributed by atoms with E-state index in [2.05, 4.69) is 5.32 Å². The predicted molar refractivity (Wildman–Crippen MR) is 153 cm³/mol. The molecule has 0 saturated carbocycles. The van der Waals surface area contributed by atoms with E-state index in [-0.39, 0.29) is 34.8 Å². The molecular formula is C29H34N4O6S. The van der Waals surface area contributed by atoms with Crippen molar-refractivity contribution in [2.45, 2.75) is 57.6 Å². The van der Waals surface area contributed by atoms with Gasteiger partial charge >= 0.3 is 0 Å². The molecule has 10 nitrogen and oxygen atoms in total. The summed E-state index contributed by atoms with van der Waals surface area (Å²) in [5.41, 5.74) is 1.63. The number of nitrogens with one attached hydrogen (secondary N) is 1. The Hall–Kier alpha value is -4.25. The van der Waals surface area contributed by atoms with Gasteiger partial charge in [0.15, 0.2) is 0 Å². The molecule has 0 aliphatic heterocycles. The first kappa shape index (κ1) is 30.3. The molecule has 0 saturated heterocycles. The minimum Gasteiger partial charge on any atom is -0.352 e. The summed E-state index contributed by atoms with van der Waals surface area (Å²) < 4.78 is 28.5. The van der Waals surface area contributed by atoms with Gasteiger partial charge in [-0.25, -0.2) is 8.42 Å². The molecule has 40 heavy (non-hydrogen) atoms. The number of nitro benzene ring substituents is 1. The van der Waals surface area contributed by atoms with E-state index in [1.54, 1.807) is 25.1 Å². The van der Waals surface area contributed by atoms with Gasteiger partial charge in [0, 0.05) is 24.7 Å². The fourth-order valence-electron chi connectivity index (χ4n) is 4.30. The molecule has 1 atom stereocenters. The molecule has 0 heterocycles. The second-order valence-electron chi connectivity index (χ2n) is 9.70. The van der Waals surface area contributed by atoms with E-state index in [0.29, 0.717) is 6.42 Å². The number of sulfonamides is 1. The second-order valence-corrected chi connectivity index (χ2v) is 11.6. The van der Waals surface area contributed by atoms with Crippen LogP contribution in [-0.4, -0.2) is 48.7 Å². The molecule has 2 amide bonds. The first-order valence-corrected chi connectivity index (χ1v) is 14.4. The quantitative estimate of drug-likeness (QED) is 0.255. The van der Waals surface area contributed by atoms with Crippen molar-refractivity contribution < 1.29 is 22.9 Å². The molecule has 0 aliphatic rings. The molecule has 0 bridgehead atoms. The molecule has 0 radical (unpaired) electrons. The zero-order valence-corrected chi connectivity index (χ0v) is 23.8. The van der Waals surface area contributed by atoms with E-state index >= 15 is 0 Å². The highest BCUT2D eigenvalue weighted by Gasteiger charge is 2.34. The van der Waals surface area contributed by atoms with E-state index < -0.39 is 33.4 Å². The third-order valence-corrected chi connectivity index (χ3v) is 8.00. The Morgan fingerprint density at radius 1 is 0.975 bits per heavy atom. The Labute approximate surface area is 234 Å². The number of non-ortho nitro benzene ring substituents is 1. The van der Waals surface area contributed by atoms with Crippen LogP contribution < -0.4 is 9.62 Å². The molecule has 11 heteroatoms. The van der Waals surface area contributed by atoms with Crippen LogP contribution in [0.4, 0.5) is 11.4 Å². The van der Waals surface area contributed by atoms with E-state index in [9.17, 15) is 28.1 Å². The van der Waals surface area contributed by atoms with Gasteiger partial charge < -0.3 is 10.2 Å². The van der Waals surface area contributed by atoms with Gasteiger partial charge in [0.1, 0.15) is 12.6 Å². The summed E-state index contributed by atoms with van der Waals surface area (Å²) in [6.45, 7) is 6.81. The summed E-state index contributed by atoms with van der Waals surface area (Å²) in [4.78, 5) is 39.1. The van der Waals surface area contributed by atoms with Crippen molar-refractivity contribution in [3.63, 3.8) is 0 Å². The maximum absolute atomic E-state index is 14.0. The normalized spacial score (nSPS) is 12.0. The molecule has 1 N–H and O–H groups in total. The molecule has 3 rings (SSSR count). The summed E-state index contributed by atoms with van der Waals surface area (Å²) in [7, 11) is -4.25. The Bertz CT molecular complexity index is 1440. The number of benzene rings is 3. The van der Waals surface area contributed by atoms with Crippen LogP contribution in [0.15, 0.2) is 83.8 Å². The molecule has 3 aromatic rings. The van der Waals surface area contributed by atoms with Crippen LogP contribution in [0.1, 0.15) is 38.3 Å². The van der Waals surface area contributed by atoms with Crippen LogP contribution in [0.25, 0.3) is 0 Å². The summed E-state index contributed by atoms with van der Waals surface area (Å²) in [5, 5.41) is 14.0. The summed E-state index contributed by atoms with van der Waals surface area (Å²) in [5.74, 6) is -0.934. The van der Waals surface area contributed by atoms with Crippen LogP contribution in [0.2, 0.25) is 0 Å². The summed E-state index contributed by atoms with van der Waals surface area (Å²) in [6.07, 6.45) is 0.305. The topological polar surface area (TPSA) is 130 Å². The minimum absolute atomic E-state index is 0.0454. The van der Waals surface area contributed by atoms with E-state index in [4.69, 9.17) is 0 Å². The number of anilines is 1. The maximum Gasteiger partial charge on any atom is 0.269 e. The van der Waals surface area contributed by atoms with Gasteiger partial charge in [-0.2, -0.15) is 0 Å². The van der Waals surface area contributed by atoms with Crippen LogP contribution >= 0.6 is 0 Å². The molecule has 3 aromatic carbocycles. The first-order valence-electron chi connectivity index (χ1n) is 12.9. The lowest BCUT2D eigenvalue weighted by Crippen LogP contribution is -2.53. The van der Waals surface area contributed by atoms with Gasteiger partial charge in [-0.15, -0.1) is 0 Å². The Morgan fingerprint density at radius 2 is 1.62 bits per heavy atom. The third-order valence-electron chi connectivity index (χ3n) is 6.21. The maximum atomic E-state index is 14.0. The molecular weight excluding hydrogens is 532 g/mol. The number of nitro groups is 1. The highest BCUT2D eigenvalue weighted by Crippen LogP contribution is 2.26. The monoisotopic (exact) mass is 566 g/mol. The molecule has 0 aromatic heterocycles. The zero-order valence-electron chi connectivity index (χ0n) is 23.0. The van der Waals surface area contributed by atoms with Crippen LogP contribution in [0.5, 0.6) is 0 Å². The Kier molecular flexibility index (Phi) is 10.0. The molecule has 0 fully saturated rings. The molecule has 0 unspecified atom stereocenters. The standard InChI is InChI=1S/C29H34N4O6S/c1-5-27(29(35)30-21(2)3)31(19-23-11-9-10-22(4)18-23)28(34)20-32(24-14-16-25(17-15-24)33(36)37)40(38,39)26-12-7-6-8-13-26/h6-18,21,27H,5,19-20H2,1-4H3,(H,30,35)/t27-/m1/s1. The van der Waals surface area contributed by atoms with E-state index in [1.807, 2.05) is 45.0 Å².